The molecule has 1 aromatic carbocycles. The van der Waals surface area contributed by atoms with Gasteiger partial charge in [0, 0.05) is 72.0 Å². The van der Waals surface area contributed by atoms with Gasteiger partial charge in [-0.1, -0.05) is 37.6 Å². The Morgan fingerprint density at radius 3 is 2.26 bits per heavy atom. The number of nitrogens with one attached hydrogen (secondary N) is 1. The third-order valence-corrected chi connectivity index (χ3v) is 6.46. The summed E-state index contributed by atoms with van der Waals surface area (Å²) >= 11 is 6.39. The largest absolute Gasteiger partial charge is 0.367 e. The zero-order chi connectivity index (χ0) is 21.3. The molecule has 0 aliphatic carbocycles. The maximum atomic E-state index is 6.39. The van der Waals surface area contributed by atoms with Crippen molar-refractivity contribution in [3.8, 4) is 0 Å². The number of halogens is 2. The lowest BCUT2D eigenvalue weighted by atomic mass is 10.1. The SMILES string of the molecule is CCNC(=NCC(C)CN1CCN(CC)CC1)N1CCN(c2ccccc2Cl)CC1.I. The lowest BCUT2D eigenvalue weighted by molar-refractivity contribution is 0.125. The lowest BCUT2D eigenvalue weighted by Crippen LogP contribution is -2.52. The van der Waals surface area contributed by atoms with Crippen molar-refractivity contribution in [1.82, 2.24) is 20.0 Å². The quantitative estimate of drug-likeness (QED) is 0.314. The maximum Gasteiger partial charge on any atom is 0.194 e. The molecule has 0 saturated carbocycles. The molecule has 0 radical (unpaired) electrons. The van der Waals surface area contributed by atoms with E-state index in [0.29, 0.717) is 5.92 Å². The fourth-order valence-corrected chi connectivity index (χ4v) is 4.58. The van der Waals surface area contributed by atoms with Gasteiger partial charge in [0.25, 0.3) is 0 Å². The van der Waals surface area contributed by atoms with Crippen LogP contribution in [0.3, 0.4) is 0 Å². The highest BCUT2D eigenvalue weighted by Crippen LogP contribution is 2.26. The Labute approximate surface area is 211 Å². The average molecular weight is 563 g/mol. The molecule has 176 valence electrons. The number of likely N-dealkylation sites (N-methyl/N-ethyl adjacent to an activating group) is 1. The van der Waals surface area contributed by atoms with Crippen molar-refractivity contribution < 1.29 is 0 Å². The molecule has 31 heavy (non-hydrogen) atoms. The van der Waals surface area contributed by atoms with E-state index in [1.807, 2.05) is 12.1 Å². The summed E-state index contributed by atoms with van der Waals surface area (Å²) in [6.45, 7) is 19.4. The Kier molecular flexibility index (Phi) is 11.7. The highest BCUT2D eigenvalue weighted by Gasteiger charge is 2.22. The van der Waals surface area contributed by atoms with Crippen LogP contribution in [0, 0.1) is 5.92 Å². The number of rotatable bonds is 7. The number of para-hydroxylation sites is 1. The van der Waals surface area contributed by atoms with Crippen molar-refractivity contribution in [2.24, 2.45) is 10.9 Å². The molecule has 0 bridgehead atoms. The first-order valence-corrected chi connectivity index (χ1v) is 12.0. The first-order valence-electron chi connectivity index (χ1n) is 11.6. The van der Waals surface area contributed by atoms with E-state index in [-0.39, 0.29) is 24.0 Å². The molecule has 0 amide bonds. The van der Waals surface area contributed by atoms with Gasteiger partial charge in [-0.25, -0.2) is 0 Å². The van der Waals surface area contributed by atoms with Crippen LogP contribution in [0.5, 0.6) is 0 Å². The van der Waals surface area contributed by atoms with E-state index in [0.717, 1.165) is 62.5 Å². The van der Waals surface area contributed by atoms with Gasteiger partial charge >= 0.3 is 0 Å². The van der Waals surface area contributed by atoms with Gasteiger partial charge in [-0.2, -0.15) is 0 Å². The number of guanidine groups is 1. The van der Waals surface area contributed by atoms with Crippen molar-refractivity contribution in [3.63, 3.8) is 0 Å². The zero-order valence-corrected chi connectivity index (χ0v) is 22.5. The van der Waals surface area contributed by atoms with Gasteiger partial charge in [0.05, 0.1) is 10.7 Å². The van der Waals surface area contributed by atoms with Crippen LogP contribution in [-0.2, 0) is 0 Å². The van der Waals surface area contributed by atoms with Crippen LogP contribution in [0.25, 0.3) is 0 Å². The number of benzene rings is 1. The minimum Gasteiger partial charge on any atom is -0.367 e. The highest BCUT2D eigenvalue weighted by atomic mass is 127. The summed E-state index contributed by atoms with van der Waals surface area (Å²) in [7, 11) is 0. The van der Waals surface area contributed by atoms with Crippen LogP contribution in [0.2, 0.25) is 5.02 Å². The summed E-state index contributed by atoms with van der Waals surface area (Å²) in [6.07, 6.45) is 0. The molecule has 8 heteroatoms. The molecule has 0 aromatic heterocycles. The minimum absolute atomic E-state index is 0. The predicted octanol–water partition coefficient (Wildman–Crippen LogP) is 3.32. The molecule has 6 nitrogen and oxygen atoms in total. The molecule has 2 saturated heterocycles. The topological polar surface area (TPSA) is 37.4 Å². The molecular formula is C23H40ClIN6. The normalized spacial score (nSPS) is 19.8. The minimum atomic E-state index is 0. The number of hydrogen-bond donors (Lipinski definition) is 1. The zero-order valence-electron chi connectivity index (χ0n) is 19.4. The molecule has 2 aliphatic heterocycles. The first kappa shape index (κ1) is 26.5. The van der Waals surface area contributed by atoms with Crippen molar-refractivity contribution >= 4 is 47.2 Å². The lowest BCUT2D eigenvalue weighted by Gasteiger charge is -2.38. The molecule has 2 aliphatic rings. The Balaban J connectivity index is 0.00000341. The average Bonchev–Trinajstić information content (AvgIpc) is 2.78. The summed E-state index contributed by atoms with van der Waals surface area (Å²) < 4.78 is 0. The van der Waals surface area contributed by atoms with Crippen molar-refractivity contribution in [2.75, 3.05) is 83.4 Å². The van der Waals surface area contributed by atoms with Gasteiger partial charge in [0.2, 0.25) is 0 Å². The highest BCUT2D eigenvalue weighted by molar-refractivity contribution is 14.0. The summed E-state index contributed by atoms with van der Waals surface area (Å²) in [6, 6.07) is 8.13. The molecule has 1 atom stereocenters. The summed E-state index contributed by atoms with van der Waals surface area (Å²) in [5.74, 6) is 1.62. The molecule has 2 heterocycles. The van der Waals surface area contributed by atoms with Crippen LogP contribution in [0.4, 0.5) is 5.69 Å². The molecule has 2 fully saturated rings. The van der Waals surface area contributed by atoms with E-state index in [1.165, 1.54) is 32.7 Å². The van der Waals surface area contributed by atoms with Gasteiger partial charge < -0.3 is 24.9 Å². The van der Waals surface area contributed by atoms with Gasteiger partial charge in [-0.3, -0.25) is 4.99 Å². The van der Waals surface area contributed by atoms with Crippen LogP contribution in [-0.4, -0.2) is 99.2 Å². The van der Waals surface area contributed by atoms with E-state index in [2.05, 4.69) is 57.8 Å². The Morgan fingerprint density at radius 2 is 1.65 bits per heavy atom. The fraction of sp³-hybridized carbons (Fsp3) is 0.696. The van der Waals surface area contributed by atoms with Crippen LogP contribution in [0.1, 0.15) is 20.8 Å². The number of nitrogens with zero attached hydrogens (tertiary/aromatic N) is 5. The number of anilines is 1. The molecule has 1 aromatic rings. The van der Waals surface area contributed by atoms with Crippen LogP contribution in [0.15, 0.2) is 29.3 Å². The second-order valence-electron chi connectivity index (χ2n) is 8.46. The molecular weight excluding hydrogens is 523 g/mol. The Bertz CT molecular complexity index is 672. The standard InChI is InChI=1S/C23H39ClN6.HI/c1-4-25-23(26-18-20(3)19-28-12-10-27(5-2)11-13-28)30-16-14-29(15-17-30)22-9-7-6-8-21(22)24;/h6-9,20H,4-5,10-19H2,1-3H3,(H,25,26);1H. The summed E-state index contributed by atoms with van der Waals surface area (Å²) in [5.41, 5.74) is 1.14. The van der Waals surface area contributed by atoms with Gasteiger partial charge in [0.15, 0.2) is 5.96 Å². The van der Waals surface area contributed by atoms with E-state index in [1.54, 1.807) is 0 Å². The fourth-order valence-electron chi connectivity index (χ4n) is 4.32. The van der Waals surface area contributed by atoms with Crippen molar-refractivity contribution in [1.29, 1.82) is 0 Å². The van der Waals surface area contributed by atoms with E-state index in [9.17, 15) is 0 Å². The first-order chi connectivity index (χ1) is 14.6. The second-order valence-corrected chi connectivity index (χ2v) is 8.87. The predicted molar refractivity (Wildman–Crippen MR) is 144 cm³/mol. The van der Waals surface area contributed by atoms with Gasteiger partial charge in [-0.05, 0) is 31.5 Å². The van der Waals surface area contributed by atoms with E-state index >= 15 is 0 Å². The number of aliphatic imine (C=N–C) groups is 1. The molecule has 1 N–H and O–H groups in total. The van der Waals surface area contributed by atoms with Crippen LogP contribution < -0.4 is 10.2 Å². The van der Waals surface area contributed by atoms with Crippen LogP contribution >= 0.6 is 35.6 Å². The van der Waals surface area contributed by atoms with Gasteiger partial charge in [-0.15, -0.1) is 24.0 Å². The van der Waals surface area contributed by atoms with Crippen molar-refractivity contribution in [3.05, 3.63) is 29.3 Å². The van der Waals surface area contributed by atoms with Crippen molar-refractivity contribution in [2.45, 2.75) is 20.8 Å². The van der Waals surface area contributed by atoms with Gasteiger partial charge in [0.1, 0.15) is 0 Å². The molecule has 0 spiro atoms. The number of hydrogen-bond acceptors (Lipinski definition) is 4. The number of piperazine rings is 2. The maximum absolute atomic E-state index is 6.39. The monoisotopic (exact) mass is 562 g/mol. The third kappa shape index (κ3) is 7.94. The Morgan fingerprint density at radius 1 is 1.00 bits per heavy atom. The smallest absolute Gasteiger partial charge is 0.194 e. The molecule has 3 rings (SSSR count). The third-order valence-electron chi connectivity index (χ3n) is 6.14. The second kappa shape index (κ2) is 13.7. The molecule has 1 unspecified atom stereocenters. The summed E-state index contributed by atoms with van der Waals surface area (Å²) in [5, 5.41) is 4.34. The van der Waals surface area contributed by atoms with E-state index in [4.69, 9.17) is 16.6 Å². The summed E-state index contributed by atoms with van der Waals surface area (Å²) in [4.78, 5) is 14.9. The Hall–Kier alpha value is -0.770. The van der Waals surface area contributed by atoms with E-state index < -0.39 is 0 Å².